The van der Waals surface area contributed by atoms with Gasteiger partial charge in [-0.05, 0) is 55.2 Å². The Balaban J connectivity index is 1.74. The monoisotopic (exact) mass is 495 g/mol. The van der Waals surface area contributed by atoms with E-state index in [4.69, 9.17) is 0 Å². The molecule has 0 aliphatic carbocycles. The molecular weight excluding hydrogens is 471 g/mol. The summed E-state index contributed by atoms with van der Waals surface area (Å²) in [5.74, 6) is -0.374. The predicted octanol–water partition coefficient (Wildman–Crippen LogP) is 4.57. The van der Waals surface area contributed by atoms with E-state index in [1.165, 1.54) is 27.0 Å². The normalized spacial score (nSPS) is 18.6. The van der Waals surface area contributed by atoms with Gasteiger partial charge in [0.05, 0.1) is 10.2 Å². The first-order valence-electron chi connectivity index (χ1n) is 10.3. The van der Waals surface area contributed by atoms with Crippen molar-refractivity contribution in [2.75, 3.05) is 12.8 Å². The number of rotatable bonds is 6. The maximum atomic E-state index is 13.3. The van der Waals surface area contributed by atoms with E-state index in [2.05, 4.69) is 34.7 Å². The van der Waals surface area contributed by atoms with E-state index in [0.29, 0.717) is 17.8 Å². The van der Waals surface area contributed by atoms with Crippen molar-refractivity contribution in [3.63, 3.8) is 0 Å². The molecule has 0 radical (unpaired) electrons. The van der Waals surface area contributed by atoms with Crippen LogP contribution in [0.3, 0.4) is 0 Å². The highest BCUT2D eigenvalue weighted by molar-refractivity contribution is 7.98. The fourth-order valence-electron chi connectivity index (χ4n) is 3.84. The fourth-order valence-corrected chi connectivity index (χ4v) is 8.23. The van der Waals surface area contributed by atoms with Crippen LogP contribution in [0.25, 0.3) is 10.2 Å². The largest absolute Gasteiger partial charge is 0.316 e. The number of carbonyl (C=O) groups excluding carboxylic acids is 1. The average Bonchev–Trinajstić information content (AvgIpc) is 3.43. The zero-order valence-corrected chi connectivity index (χ0v) is 20.7. The number of aromatic nitrogens is 1. The second kappa shape index (κ2) is 9.58. The number of thiazole rings is 1. The van der Waals surface area contributed by atoms with Crippen LogP contribution in [0.1, 0.15) is 32.6 Å². The molecule has 1 fully saturated rings. The number of hydrogen-bond acceptors (Lipinski definition) is 6. The molecule has 1 aliphatic heterocycles. The van der Waals surface area contributed by atoms with Gasteiger partial charge >= 0.3 is 0 Å². The van der Waals surface area contributed by atoms with Gasteiger partial charge in [0.25, 0.3) is 15.9 Å². The van der Waals surface area contributed by atoms with E-state index in [-0.39, 0.29) is 10.1 Å². The molecular formula is C21H25N3O3S4. The van der Waals surface area contributed by atoms with E-state index in [1.807, 2.05) is 6.26 Å². The Morgan fingerprint density at radius 2 is 2.13 bits per heavy atom. The molecule has 1 unspecified atom stereocenters. The molecule has 4 rings (SSSR count). The third-order valence-electron chi connectivity index (χ3n) is 5.34. The van der Waals surface area contributed by atoms with Gasteiger partial charge in [-0.1, -0.05) is 30.7 Å². The van der Waals surface area contributed by atoms with Crippen LogP contribution in [0.2, 0.25) is 0 Å². The molecule has 1 atom stereocenters. The highest BCUT2D eigenvalue weighted by atomic mass is 32.2. The molecule has 0 bridgehead atoms. The van der Waals surface area contributed by atoms with Crippen LogP contribution in [-0.4, -0.2) is 42.0 Å². The third-order valence-corrected chi connectivity index (χ3v) is 10.4. The van der Waals surface area contributed by atoms with Gasteiger partial charge in [-0.15, -0.1) is 23.1 Å². The number of benzene rings is 1. The van der Waals surface area contributed by atoms with Gasteiger partial charge in [0.2, 0.25) is 0 Å². The summed E-state index contributed by atoms with van der Waals surface area (Å²) < 4.78 is 31.1. The summed E-state index contributed by atoms with van der Waals surface area (Å²) in [4.78, 5) is 19.5. The summed E-state index contributed by atoms with van der Waals surface area (Å²) in [6, 6.07) is 8.84. The molecule has 0 spiro atoms. The summed E-state index contributed by atoms with van der Waals surface area (Å²) in [5.41, 5.74) is 1.06. The molecule has 0 N–H and O–H groups in total. The van der Waals surface area contributed by atoms with E-state index in [1.54, 1.807) is 29.3 Å². The van der Waals surface area contributed by atoms with Crippen LogP contribution in [-0.2, 0) is 21.4 Å². The van der Waals surface area contributed by atoms with Gasteiger partial charge in [-0.25, -0.2) is 8.42 Å². The first kappa shape index (κ1) is 22.7. The lowest BCUT2D eigenvalue weighted by molar-refractivity contribution is -0.122. The lowest BCUT2D eigenvalue weighted by Gasteiger charge is -2.31. The van der Waals surface area contributed by atoms with Gasteiger partial charge < -0.3 is 4.57 Å². The van der Waals surface area contributed by atoms with Crippen molar-refractivity contribution < 1.29 is 13.2 Å². The topological polar surface area (TPSA) is 71.7 Å². The van der Waals surface area contributed by atoms with Crippen LogP contribution in [0.4, 0.5) is 0 Å². The van der Waals surface area contributed by atoms with Gasteiger partial charge in [0.15, 0.2) is 4.80 Å². The summed E-state index contributed by atoms with van der Waals surface area (Å²) in [5, 5.41) is 1.74. The molecule has 1 aromatic carbocycles. The van der Waals surface area contributed by atoms with E-state index in [9.17, 15) is 13.2 Å². The summed E-state index contributed by atoms with van der Waals surface area (Å²) in [6.45, 7) is 3.20. The third kappa shape index (κ3) is 4.54. The zero-order valence-electron chi connectivity index (χ0n) is 17.5. The number of fused-ring (bicyclic) bond motifs is 1. The number of amides is 1. The molecule has 3 heterocycles. The molecule has 166 valence electrons. The number of nitrogens with zero attached hydrogens (tertiary/aromatic N) is 3. The first-order chi connectivity index (χ1) is 15.0. The number of aryl methyl sites for hydroxylation is 1. The van der Waals surface area contributed by atoms with Crippen molar-refractivity contribution in [1.82, 2.24) is 8.87 Å². The number of piperidine rings is 1. The maximum absolute atomic E-state index is 13.3. The minimum Gasteiger partial charge on any atom is -0.316 e. The van der Waals surface area contributed by atoms with Gasteiger partial charge in [0, 0.05) is 18.0 Å². The Hall–Kier alpha value is -1.46. The SMILES string of the molecule is CCCn1c(=NC(=O)C2CCCCN2S(=O)(=O)c2cccs2)sc2cc(SC)ccc21. The Bertz CT molecular complexity index is 1240. The van der Waals surface area contributed by atoms with Gasteiger partial charge in [-0.2, -0.15) is 9.30 Å². The van der Waals surface area contributed by atoms with Crippen molar-refractivity contribution in [3.8, 4) is 0 Å². The number of sulfonamides is 1. The maximum Gasteiger partial charge on any atom is 0.266 e. The van der Waals surface area contributed by atoms with Gasteiger partial charge in [0.1, 0.15) is 10.3 Å². The molecule has 1 aliphatic rings. The minimum atomic E-state index is -3.69. The lowest BCUT2D eigenvalue weighted by atomic mass is 10.0. The number of thiophene rings is 1. The predicted molar refractivity (Wildman–Crippen MR) is 128 cm³/mol. The molecule has 10 heteroatoms. The number of carbonyl (C=O) groups is 1. The smallest absolute Gasteiger partial charge is 0.266 e. The van der Waals surface area contributed by atoms with Gasteiger partial charge in [-0.3, -0.25) is 4.79 Å². The zero-order chi connectivity index (χ0) is 22.0. The lowest BCUT2D eigenvalue weighted by Crippen LogP contribution is -2.47. The van der Waals surface area contributed by atoms with E-state index >= 15 is 0 Å². The Morgan fingerprint density at radius 3 is 2.84 bits per heavy atom. The van der Waals surface area contributed by atoms with Crippen LogP contribution in [0.5, 0.6) is 0 Å². The summed E-state index contributed by atoms with van der Waals surface area (Å²) >= 11 is 4.35. The van der Waals surface area contributed by atoms with E-state index < -0.39 is 16.1 Å². The quantitative estimate of drug-likeness (QED) is 0.470. The number of thioether (sulfide) groups is 1. The minimum absolute atomic E-state index is 0.278. The van der Waals surface area contributed by atoms with Crippen LogP contribution in [0.15, 0.2) is 49.8 Å². The fraction of sp³-hybridized carbons (Fsp3) is 0.429. The van der Waals surface area contributed by atoms with E-state index in [0.717, 1.165) is 40.9 Å². The number of hydrogen-bond donors (Lipinski definition) is 0. The second-order valence-corrected chi connectivity index (χ2v) is 12.3. The molecule has 2 aromatic heterocycles. The highest BCUT2D eigenvalue weighted by Crippen LogP contribution is 2.29. The Kier molecular flexibility index (Phi) is 7.02. The average molecular weight is 496 g/mol. The first-order valence-corrected chi connectivity index (χ1v) is 14.6. The molecule has 31 heavy (non-hydrogen) atoms. The standard InChI is InChI=1S/C21H25N3O3S4/c1-3-11-23-16-10-9-15(28-2)14-18(16)30-21(23)22-20(25)17-7-4-5-12-24(17)31(26,27)19-8-6-13-29-19/h6,8-10,13-14,17H,3-5,7,11-12H2,1-2H3. The van der Waals surface area contributed by atoms with Crippen molar-refractivity contribution in [1.29, 1.82) is 0 Å². The summed E-state index contributed by atoms with van der Waals surface area (Å²) in [6.07, 6.45) is 5.03. The summed E-state index contributed by atoms with van der Waals surface area (Å²) in [7, 11) is -3.69. The molecule has 1 saturated heterocycles. The second-order valence-electron chi connectivity index (χ2n) is 7.38. The molecule has 6 nitrogen and oxygen atoms in total. The molecule has 0 saturated carbocycles. The van der Waals surface area contributed by atoms with Crippen molar-refractivity contribution in [2.45, 2.75) is 54.3 Å². The van der Waals surface area contributed by atoms with Crippen LogP contribution < -0.4 is 4.80 Å². The Labute approximate surface area is 194 Å². The molecule has 1 amide bonds. The van der Waals surface area contributed by atoms with Crippen molar-refractivity contribution in [3.05, 3.63) is 40.5 Å². The van der Waals surface area contributed by atoms with Crippen molar-refractivity contribution in [2.24, 2.45) is 4.99 Å². The van der Waals surface area contributed by atoms with Crippen molar-refractivity contribution >= 4 is 60.6 Å². The highest BCUT2D eigenvalue weighted by Gasteiger charge is 2.38. The Morgan fingerprint density at radius 1 is 1.29 bits per heavy atom. The van der Waals surface area contributed by atoms with Crippen LogP contribution >= 0.6 is 34.4 Å². The van der Waals surface area contributed by atoms with Crippen LogP contribution in [0, 0.1) is 0 Å². The molecule has 3 aromatic rings.